The molecule has 2 aromatic rings. The summed E-state index contributed by atoms with van der Waals surface area (Å²) >= 11 is 11.7. The van der Waals surface area contributed by atoms with Crippen LogP contribution in [-0.4, -0.2) is 98.6 Å². The summed E-state index contributed by atoms with van der Waals surface area (Å²) < 4.78 is 42.9. The van der Waals surface area contributed by atoms with Crippen molar-refractivity contribution >= 4 is 91.0 Å². The Morgan fingerprint density at radius 3 is 2.40 bits per heavy atom. The maximum Gasteiger partial charge on any atom is 1.00 e. The van der Waals surface area contributed by atoms with Crippen LogP contribution in [0.15, 0.2) is 34.8 Å². The average Bonchev–Trinajstić information content (AvgIpc) is 3.47. The Kier molecular flexibility index (Phi) is 14.7. The van der Waals surface area contributed by atoms with Crippen molar-refractivity contribution in [2.24, 2.45) is 5.16 Å². The van der Waals surface area contributed by atoms with E-state index in [0.29, 0.717) is 5.56 Å². The van der Waals surface area contributed by atoms with Gasteiger partial charge in [0.25, 0.3) is 17.5 Å². The standard InChI is InChI=1S/C24H24Cl2N6O13S2.Na.H/c1-24(2,22(37)44-9-12-3-5-13(6-4-12)32(38)39)45-30-18(14-11-46-23(27-14)28-16(33)7-25)20(35)29-19-15(10-43-17(34)8-26)31(21(19)36)47(40,41)42;;/h3-6,11,15,19H,7-10H2,1-2H3,(H,29,35)(H,27,28,33)(H,40,41,42);;/q;+1;-1/b30-18-;;. The number of aromatic nitrogens is 1. The second-order valence-corrected chi connectivity index (χ2v) is 12.4. The Bertz CT molecular complexity index is 1710. The molecule has 3 amide bonds. The molecule has 19 nitrogen and oxygen atoms in total. The summed E-state index contributed by atoms with van der Waals surface area (Å²) in [4.78, 5) is 81.7. The van der Waals surface area contributed by atoms with Crippen molar-refractivity contribution in [3.05, 3.63) is 51.0 Å². The van der Waals surface area contributed by atoms with E-state index in [1.165, 1.54) is 43.5 Å². The van der Waals surface area contributed by atoms with Gasteiger partial charge >= 0.3 is 51.8 Å². The van der Waals surface area contributed by atoms with Gasteiger partial charge in [-0.1, -0.05) is 5.16 Å². The molecule has 24 heteroatoms. The first kappa shape index (κ1) is 40.7. The van der Waals surface area contributed by atoms with Crippen LogP contribution in [-0.2, 0) is 55.2 Å². The molecule has 256 valence electrons. The van der Waals surface area contributed by atoms with Crippen LogP contribution in [0.2, 0.25) is 0 Å². The van der Waals surface area contributed by atoms with Crippen molar-refractivity contribution in [1.29, 1.82) is 0 Å². The predicted molar refractivity (Wildman–Crippen MR) is 163 cm³/mol. The minimum Gasteiger partial charge on any atom is -1.00 e. The van der Waals surface area contributed by atoms with E-state index in [2.05, 4.69) is 20.8 Å². The second kappa shape index (κ2) is 17.3. The Balaban J connectivity index is 0.00000600. The van der Waals surface area contributed by atoms with Gasteiger partial charge in [-0.05, 0) is 31.5 Å². The monoisotopic (exact) mass is 762 g/mol. The Morgan fingerprint density at radius 1 is 1.19 bits per heavy atom. The van der Waals surface area contributed by atoms with E-state index in [1.807, 2.05) is 0 Å². The number of nitro groups is 1. The molecule has 1 aromatic carbocycles. The molecule has 1 saturated heterocycles. The first-order valence-corrected chi connectivity index (χ1v) is 16.1. The van der Waals surface area contributed by atoms with Crippen LogP contribution in [0.25, 0.3) is 0 Å². The molecule has 3 rings (SSSR count). The number of β-lactam (4-membered cyclic amide) rings is 1. The molecule has 0 spiro atoms. The van der Waals surface area contributed by atoms with Crippen molar-refractivity contribution in [3.8, 4) is 0 Å². The van der Waals surface area contributed by atoms with Crippen LogP contribution in [0.5, 0.6) is 0 Å². The van der Waals surface area contributed by atoms with E-state index in [4.69, 9.17) is 37.5 Å². The number of benzene rings is 1. The van der Waals surface area contributed by atoms with Gasteiger partial charge < -0.3 is 26.4 Å². The van der Waals surface area contributed by atoms with E-state index in [-0.39, 0.29) is 58.4 Å². The van der Waals surface area contributed by atoms with Crippen molar-refractivity contribution in [3.63, 3.8) is 0 Å². The van der Waals surface area contributed by atoms with E-state index >= 15 is 0 Å². The van der Waals surface area contributed by atoms with Crippen LogP contribution in [0, 0.1) is 10.1 Å². The van der Waals surface area contributed by atoms with Gasteiger partial charge in [0.1, 0.15) is 42.8 Å². The zero-order chi connectivity index (χ0) is 35.1. The third kappa shape index (κ3) is 10.5. The third-order valence-corrected chi connectivity index (χ3v) is 8.10. The summed E-state index contributed by atoms with van der Waals surface area (Å²) in [5.74, 6) is -6.14. The fraction of sp³-hybridized carbons (Fsp3) is 0.375. The Morgan fingerprint density at radius 2 is 1.83 bits per heavy atom. The van der Waals surface area contributed by atoms with Crippen molar-refractivity contribution in [2.75, 3.05) is 23.7 Å². The van der Waals surface area contributed by atoms with Crippen LogP contribution in [0.3, 0.4) is 0 Å². The number of amides is 3. The first-order valence-electron chi connectivity index (χ1n) is 12.8. The molecule has 2 atom stereocenters. The van der Waals surface area contributed by atoms with Gasteiger partial charge in [0.2, 0.25) is 11.5 Å². The van der Waals surface area contributed by atoms with Crippen LogP contribution >= 0.6 is 34.5 Å². The smallest absolute Gasteiger partial charge is 1.00 e. The van der Waals surface area contributed by atoms with E-state index < -0.39 is 86.7 Å². The number of carbonyl (C=O) groups is 5. The maximum absolute atomic E-state index is 13.4. The third-order valence-electron chi connectivity index (χ3n) is 5.93. The summed E-state index contributed by atoms with van der Waals surface area (Å²) in [6.45, 7) is 1.38. The van der Waals surface area contributed by atoms with Gasteiger partial charge in [-0.3, -0.25) is 33.8 Å². The number of alkyl halides is 2. The molecule has 2 heterocycles. The molecule has 0 bridgehead atoms. The Labute approximate surface area is 309 Å². The summed E-state index contributed by atoms with van der Waals surface area (Å²) in [5.41, 5.74) is -2.54. The molecule has 48 heavy (non-hydrogen) atoms. The number of anilines is 1. The number of hydrogen-bond acceptors (Lipinski definition) is 15. The number of nitrogens with zero attached hydrogens (tertiary/aromatic N) is 4. The molecule has 1 aliphatic rings. The number of non-ortho nitro benzene ring substituents is 1. The van der Waals surface area contributed by atoms with Crippen LogP contribution < -0.4 is 40.2 Å². The van der Waals surface area contributed by atoms with Gasteiger partial charge in [-0.25, -0.2) is 14.1 Å². The van der Waals surface area contributed by atoms with E-state index in [0.717, 1.165) is 11.3 Å². The fourth-order valence-electron chi connectivity index (χ4n) is 3.58. The predicted octanol–water partition coefficient (Wildman–Crippen LogP) is -2.13. The van der Waals surface area contributed by atoms with Crippen LogP contribution in [0.4, 0.5) is 10.8 Å². The van der Waals surface area contributed by atoms with Crippen molar-refractivity contribution in [1.82, 2.24) is 14.6 Å². The number of thiazole rings is 1. The van der Waals surface area contributed by atoms with Crippen molar-refractivity contribution < 1.29 is 87.2 Å². The number of nitro benzene ring substituents is 1. The number of halogens is 2. The molecule has 0 aliphatic carbocycles. The molecule has 1 aliphatic heterocycles. The molecule has 1 aromatic heterocycles. The maximum atomic E-state index is 13.4. The minimum absolute atomic E-state index is 0. The largest absolute Gasteiger partial charge is 1.00 e. The van der Waals surface area contributed by atoms with Gasteiger partial charge in [0.15, 0.2) is 10.8 Å². The second-order valence-electron chi connectivity index (χ2n) is 9.71. The SMILES string of the molecule is CC(C)(O/N=C(\C(=O)NC1C(=O)N(S(=O)(=O)O)C1COC(=O)CCl)c1csc(NC(=O)CCl)n1)C(=O)OCc1ccc([N+](=O)[O-])cc1.[H-].[Na+]. The molecule has 2 unspecified atom stereocenters. The van der Waals surface area contributed by atoms with Gasteiger partial charge in [-0.15, -0.1) is 34.5 Å². The molecule has 3 N–H and O–H groups in total. The zero-order valence-electron chi connectivity index (χ0n) is 26.1. The number of rotatable bonds is 15. The van der Waals surface area contributed by atoms with Crippen molar-refractivity contribution in [2.45, 2.75) is 38.1 Å². The number of nitrogens with one attached hydrogen (secondary N) is 2. The quantitative estimate of drug-likeness (QED) is 0.0256. The summed E-state index contributed by atoms with van der Waals surface area (Å²) in [6, 6.07) is 1.91. The number of oxime groups is 1. The number of hydrogen-bond donors (Lipinski definition) is 3. The minimum atomic E-state index is -5.13. The zero-order valence-corrected chi connectivity index (χ0v) is 30.2. The van der Waals surface area contributed by atoms with Crippen LogP contribution in [0.1, 0.15) is 26.5 Å². The molecule has 1 fully saturated rings. The molecule has 0 radical (unpaired) electrons. The molecule has 0 saturated carbocycles. The Hall–Kier alpha value is -3.44. The van der Waals surface area contributed by atoms with Gasteiger partial charge in [-0.2, -0.15) is 8.42 Å². The average molecular weight is 764 g/mol. The number of esters is 2. The first-order chi connectivity index (χ1) is 22.0. The van der Waals surface area contributed by atoms with E-state index in [1.54, 1.807) is 0 Å². The summed E-state index contributed by atoms with van der Waals surface area (Å²) in [7, 11) is -5.13. The topological polar surface area (TPSA) is 263 Å². The number of ether oxygens (including phenoxy) is 2. The van der Waals surface area contributed by atoms with E-state index in [9.17, 15) is 47.1 Å². The molecular weight excluding hydrogens is 738 g/mol. The summed E-state index contributed by atoms with van der Waals surface area (Å²) in [5, 5.41) is 20.3. The molecular formula is C24H25Cl2N6NaO13S2. The summed E-state index contributed by atoms with van der Waals surface area (Å²) in [6.07, 6.45) is 0. The number of carbonyl (C=O) groups excluding carboxylic acids is 5. The van der Waals surface area contributed by atoms with Gasteiger partial charge in [0.05, 0.1) is 4.92 Å². The fourth-order valence-corrected chi connectivity index (χ4v) is 5.30. The van der Waals surface area contributed by atoms with Gasteiger partial charge in [0, 0.05) is 17.5 Å². The normalized spacial score (nSPS) is 16.1.